The Morgan fingerprint density at radius 3 is 2.32 bits per heavy atom. The molecule has 6 nitrogen and oxygen atoms in total. The SMILES string of the molecule is COc1cc(C=C2C(=O)NC(=S)NC2=O)cc(Br)c1OCc1ccc(Br)cc1. The van der Waals surface area contributed by atoms with Crippen molar-refractivity contribution in [3.63, 3.8) is 0 Å². The molecule has 2 aromatic rings. The van der Waals surface area contributed by atoms with Gasteiger partial charge in [0.25, 0.3) is 11.8 Å². The van der Waals surface area contributed by atoms with Crippen LogP contribution in [-0.4, -0.2) is 24.0 Å². The van der Waals surface area contributed by atoms with E-state index in [4.69, 9.17) is 21.7 Å². The summed E-state index contributed by atoms with van der Waals surface area (Å²) >= 11 is 11.7. The van der Waals surface area contributed by atoms with Gasteiger partial charge in [-0.1, -0.05) is 28.1 Å². The second-order valence-electron chi connectivity index (χ2n) is 5.74. The zero-order valence-electron chi connectivity index (χ0n) is 14.5. The van der Waals surface area contributed by atoms with Gasteiger partial charge in [-0.25, -0.2) is 0 Å². The number of nitrogens with one attached hydrogen (secondary N) is 2. The third-order valence-electron chi connectivity index (χ3n) is 3.80. The van der Waals surface area contributed by atoms with Crippen molar-refractivity contribution in [2.45, 2.75) is 6.61 Å². The summed E-state index contributed by atoms with van der Waals surface area (Å²) in [5.74, 6) is -0.129. The molecule has 3 rings (SSSR count). The number of ether oxygens (including phenoxy) is 2. The number of thiocarbonyl (C=S) groups is 1. The fourth-order valence-electron chi connectivity index (χ4n) is 2.47. The molecule has 1 fully saturated rings. The van der Waals surface area contributed by atoms with E-state index in [2.05, 4.69) is 42.5 Å². The number of halogens is 2. The molecule has 0 spiro atoms. The van der Waals surface area contributed by atoms with E-state index in [-0.39, 0.29) is 10.7 Å². The van der Waals surface area contributed by atoms with Gasteiger partial charge in [-0.3, -0.25) is 20.2 Å². The molecule has 0 aromatic heterocycles. The van der Waals surface area contributed by atoms with Crippen LogP contribution in [0.3, 0.4) is 0 Å². The Bertz CT molecular complexity index is 968. The van der Waals surface area contributed by atoms with Gasteiger partial charge in [0.1, 0.15) is 12.2 Å². The van der Waals surface area contributed by atoms with E-state index in [1.807, 2.05) is 24.3 Å². The van der Waals surface area contributed by atoms with Gasteiger partial charge in [0.2, 0.25) is 0 Å². The summed E-state index contributed by atoms with van der Waals surface area (Å²) in [4.78, 5) is 24.0. The predicted octanol–water partition coefficient (Wildman–Crippen LogP) is 3.71. The van der Waals surface area contributed by atoms with Crippen molar-refractivity contribution < 1.29 is 19.1 Å². The first-order valence-corrected chi connectivity index (χ1v) is 10.00. The number of carbonyl (C=O) groups is 2. The summed E-state index contributed by atoms with van der Waals surface area (Å²) in [6, 6.07) is 11.2. The Morgan fingerprint density at radius 1 is 1.07 bits per heavy atom. The van der Waals surface area contributed by atoms with Crippen LogP contribution in [0.15, 0.2) is 50.9 Å². The minimum atomic E-state index is -0.556. The van der Waals surface area contributed by atoms with Crippen molar-refractivity contribution in [2.24, 2.45) is 0 Å². The Hall–Kier alpha value is -2.23. The van der Waals surface area contributed by atoms with E-state index >= 15 is 0 Å². The Morgan fingerprint density at radius 2 is 1.71 bits per heavy atom. The number of hydrogen-bond acceptors (Lipinski definition) is 5. The molecule has 1 aliphatic rings. The minimum absolute atomic E-state index is 0.0115. The molecule has 2 amide bonds. The molecule has 28 heavy (non-hydrogen) atoms. The smallest absolute Gasteiger partial charge is 0.263 e. The van der Waals surface area contributed by atoms with E-state index in [0.29, 0.717) is 28.1 Å². The molecule has 0 unspecified atom stereocenters. The first-order chi connectivity index (χ1) is 13.4. The highest BCUT2D eigenvalue weighted by atomic mass is 79.9. The highest BCUT2D eigenvalue weighted by molar-refractivity contribution is 9.10. The second-order valence-corrected chi connectivity index (χ2v) is 7.92. The number of hydrogen-bond donors (Lipinski definition) is 2. The second kappa shape index (κ2) is 8.85. The molecule has 2 aromatic carbocycles. The van der Waals surface area contributed by atoms with Crippen LogP contribution >= 0.6 is 44.1 Å². The first-order valence-electron chi connectivity index (χ1n) is 8.00. The van der Waals surface area contributed by atoms with E-state index in [1.165, 1.54) is 13.2 Å². The van der Waals surface area contributed by atoms with Crippen LogP contribution in [0.5, 0.6) is 11.5 Å². The third-order valence-corrected chi connectivity index (χ3v) is 5.12. The Kier molecular flexibility index (Phi) is 6.48. The molecule has 0 saturated carbocycles. The average molecular weight is 526 g/mol. The number of rotatable bonds is 5. The van der Waals surface area contributed by atoms with Crippen LogP contribution < -0.4 is 20.1 Å². The topological polar surface area (TPSA) is 76.7 Å². The molecule has 0 aliphatic carbocycles. The van der Waals surface area contributed by atoms with E-state index in [0.717, 1.165) is 10.0 Å². The monoisotopic (exact) mass is 524 g/mol. The van der Waals surface area contributed by atoms with E-state index in [9.17, 15) is 9.59 Å². The van der Waals surface area contributed by atoms with Gasteiger partial charge in [0.15, 0.2) is 16.6 Å². The quantitative estimate of drug-likeness (QED) is 0.353. The normalized spacial score (nSPS) is 13.7. The lowest BCUT2D eigenvalue weighted by molar-refractivity contribution is -0.123. The van der Waals surface area contributed by atoms with Gasteiger partial charge in [-0.2, -0.15) is 0 Å². The lowest BCUT2D eigenvalue weighted by Gasteiger charge is -2.17. The summed E-state index contributed by atoms with van der Waals surface area (Å²) in [5, 5.41) is 4.79. The van der Waals surface area contributed by atoms with Crippen LogP contribution in [0.1, 0.15) is 11.1 Å². The van der Waals surface area contributed by atoms with Crippen LogP contribution in [0.25, 0.3) is 6.08 Å². The van der Waals surface area contributed by atoms with Gasteiger partial charge < -0.3 is 9.47 Å². The first kappa shape index (κ1) is 20.5. The molecule has 0 bridgehead atoms. The molecule has 1 heterocycles. The highest BCUT2D eigenvalue weighted by Crippen LogP contribution is 2.38. The number of amides is 2. The Labute approximate surface area is 183 Å². The van der Waals surface area contributed by atoms with Gasteiger partial charge in [0, 0.05) is 4.47 Å². The fraction of sp³-hybridized carbons (Fsp3) is 0.105. The summed E-state index contributed by atoms with van der Waals surface area (Å²) in [6.07, 6.45) is 1.46. The maximum atomic E-state index is 12.0. The largest absolute Gasteiger partial charge is 0.493 e. The fourth-order valence-corrected chi connectivity index (χ4v) is 3.50. The summed E-state index contributed by atoms with van der Waals surface area (Å²) in [7, 11) is 1.52. The predicted molar refractivity (Wildman–Crippen MR) is 116 cm³/mol. The molecule has 1 saturated heterocycles. The van der Waals surface area contributed by atoms with Crippen LogP contribution in [-0.2, 0) is 16.2 Å². The van der Waals surface area contributed by atoms with Gasteiger partial charge in [-0.05, 0) is 69.6 Å². The van der Waals surface area contributed by atoms with Gasteiger partial charge in [0.05, 0.1) is 11.6 Å². The summed E-state index contributed by atoms with van der Waals surface area (Å²) in [5.41, 5.74) is 1.54. The number of carbonyl (C=O) groups excluding carboxylic acids is 2. The molecule has 0 radical (unpaired) electrons. The van der Waals surface area contributed by atoms with Gasteiger partial charge in [-0.15, -0.1) is 0 Å². The zero-order valence-corrected chi connectivity index (χ0v) is 18.5. The molecule has 2 N–H and O–H groups in total. The highest BCUT2D eigenvalue weighted by Gasteiger charge is 2.26. The minimum Gasteiger partial charge on any atom is -0.493 e. The van der Waals surface area contributed by atoms with E-state index in [1.54, 1.807) is 12.1 Å². The Balaban J connectivity index is 1.86. The van der Waals surface area contributed by atoms with Crippen LogP contribution in [0, 0.1) is 0 Å². The zero-order chi connectivity index (χ0) is 20.3. The average Bonchev–Trinajstić information content (AvgIpc) is 2.64. The molecule has 9 heteroatoms. The van der Waals surface area contributed by atoms with Gasteiger partial charge >= 0.3 is 0 Å². The lowest BCUT2D eigenvalue weighted by Crippen LogP contribution is -2.51. The van der Waals surface area contributed by atoms with Crippen LogP contribution in [0.2, 0.25) is 0 Å². The van der Waals surface area contributed by atoms with Crippen molar-refractivity contribution in [1.82, 2.24) is 10.6 Å². The number of methoxy groups -OCH3 is 1. The van der Waals surface area contributed by atoms with Crippen molar-refractivity contribution in [3.05, 3.63) is 62.0 Å². The molecule has 1 aliphatic heterocycles. The standard InChI is InChI=1S/C19H14Br2N2O4S/c1-26-15-8-11(6-13-17(24)22-19(28)23-18(13)25)7-14(21)16(15)27-9-10-2-4-12(20)5-3-10/h2-8H,9H2,1H3,(H2,22,23,24,25,28). The maximum Gasteiger partial charge on any atom is 0.263 e. The molecular formula is C19H14Br2N2O4S. The lowest BCUT2D eigenvalue weighted by atomic mass is 10.1. The molecular weight excluding hydrogens is 512 g/mol. The maximum absolute atomic E-state index is 12.0. The van der Waals surface area contributed by atoms with E-state index < -0.39 is 11.8 Å². The third kappa shape index (κ3) is 4.78. The van der Waals surface area contributed by atoms with Crippen molar-refractivity contribution in [1.29, 1.82) is 0 Å². The van der Waals surface area contributed by atoms with Crippen molar-refractivity contribution in [2.75, 3.05) is 7.11 Å². The summed E-state index contributed by atoms with van der Waals surface area (Å²) in [6.45, 7) is 0.352. The summed E-state index contributed by atoms with van der Waals surface area (Å²) < 4.78 is 12.9. The van der Waals surface area contributed by atoms with Crippen molar-refractivity contribution >= 4 is 67.1 Å². The van der Waals surface area contributed by atoms with Crippen molar-refractivity contribution in [3.8, 4) is 11.5 Å². The molecule has 144 valence electrons. The molecule has 0 atom stereocenters. The van der Waals surface area contributed by atoms with Crippen LogP contribution in [0.4, 0.5) is 0 Å². The number of benzene rings is 2.